The van der Waals surface area contributed by atoms with E-state index in [9.17, 15) is 4.79 Å². The maximum absolute atomic E-state index is 12.9. The number of hydrogen-bond donors (Lipinski definition) is 1. The van der Waals surface area contributed by atoms with Crippen LogP contribution in [0.1, 0.15) is 67.2 Å². The van der Waals surface area contributed by atoms with Crippen LogP contribution in [0.5, 0.6) is 0 Å². The number of para-hydroxylation sites is 1. The number of carbonyl (C=O) groups is 1. The molecule has 4 rings (SSSR count). The monoisotopic (exact) mass is 337 g/mol. The molecule has 0 spiro atoms. The first-order valence-corrected chi connectivity index (χ1v) is 9.73. The van der Waals surface area contributed by atoms with Crippen LogP contribution in [0.3, 0.4) is 0 Å². The minimum absolute atomic E-state index is 0.0211. The maximum atomic E-state index is 12.9. The van der Waals surface area contributed by atoms with Crippen LogP contribution in [0, 0.1) is 5.92 Å². The molecule has 2 aliphatic rings. The van der Waals surface area contributed by atoms with E-state index in [2.05, 4.69) is 24.4 Å². The maximum Gasteiger partial charge on any atom is 0.272 e. The number of aromatic nitrogens is 2. The van der Waals surface area contributed by atoms with Crippen LogP contribution in [-0.4, -0.2) is 21.7 Å². The van der Waals surface area contributed by atoms with Gasteiger partial charge in [0, 0.05) is 17.3 Å². The first-order valence-electron chi connectivity index (χ1n) is 9.73. The molecule has 0 aliphatic heterocycles. The van der Waals surface area contributed by atoms with Crippen LogP contribution >= 0.6 is 0 Å². The van der Waals surface area contributed by atoms with E-state index in [4.69, 9.17) is 5.10 Å². The molecule has 1 heterocycles. The smallest absolute Gasteiger partial charge is 0.272 e. The van der Waals surface area contributed by atoms with Crippen LogP contribution in [0.2, 0.25) is 0 Å². The zero-order valence-corrected chi connectivity index (χ0v) is 15.0. The van der Waals surface area contributed by atoms with Gasteiger partial charge in [-0.3, -0.25) is 4.79 Å². The summed E-state index contributed by atoms with van der Waals surface area (Å²) in [4.78, 5) is 12.9. The summed E-state index contributed by atoms with van der Waals surface area (Å²) in [5, 5.41) is 7.96. The largest absolute Gasteiger partial charge is 0.348 e. The van der Waals surface area contributed by atoms with Crippen molar-refractivity contribution in [3.63, 3.8) is 0 Å². The predicted octanol–water partition coefficient (Wildman–Crippen LogP) is 4.06. The van der Waals surface area contributed by atoms with Crippen molar-refractivity contribution in [3.8, 4) is 5.69 Å². The minimum atomic E-state index is 0.0211. The Kier molecular flexibility index (Phi) is 4.60. The highest BCUT2D eigenvalue weighted by Crippen LogP contribution is 2.29. The molecule has 0 bridgehead atoms. The highest BCUT2D eigenvalue weighted by Gasteiger charge is 2.29. The van der Waals surface area contributed by atoms with E-state index in [0.29, 0.717) is 11.7 Å². The van der Waals surface area contributed by atoms with E-state index in [1.807, 2.05) is 22.9 Å². The van der Waals surface area contributed by atoms with Gasteiger partial charge >= 0.3 is 0 Å². The van der Waals surface area contributed by atoms with Crippen molar-refractivity contribution in [2.75, 3.05) is 0 Å². The van der Waals surface area contributed by atoms with Crippen LogP contribution < -0.4 is 5.32 Å². The van der Waals surface area contributed by atoms with Crippen molar-refractivity contribution in [3.05, 3.63) is 47.3 Å². The Morgan fingerprint density at radius 3 is 2.64 bits per heavy atom. The lowest BCUT2D eigenvalue weighted by atomic mass is 9.84. The highest BCUT2D eigenvalue weighted by atomic mass is 16.2. The summed E-state index contributed by atoms with van der Waals surface area (Å²) in [5.41, 5.74) is 4.06. The quantitative estimate of drug-likeness (QED) is 0.914. The molecule has 1 saturated carbocycles. The molecule has 132 valence electrons. The van der Waals surface area contributed by atoms with Crippen LogP contribution in [0.15, 0.2) is 30.3 Å². The second-order valence-electron chi connectivity index (χ2n) is 7.47. The zero-order chi connectivity index (χ0) is 17.2. The number of hydrogen-bond acceptors (Lipinski definition) is 2. The molecular weight excluding hydrogens is 310 g/mol. The third-order valence-corrected chi connectivity index (χ3v) is 5.91. The van der Waals surface area contributed by atoms with Gasteiger partial charge in [0.05, 0.1) is 5.69 Å². The topological polar surface area (TPSA) is 46.9 Å². The SMILES string of the molecule is CCC1CCC(NC(=O)c2nn(-c3ccccc3)c3c2CCC3)CC1. The predicted molar refractivity (Wildman–Crippen MR) is 99.1 cm³/mol. The Hall–Kier alpha value is -2.10. The lowest BCUT2D eigenvalue weighted by molar-refractivity contribution is 0.0915. The summed E-state index contributed by atoms with van der Waals surface area (Å²) < 4.78 is 1.98. The summed E-state index contributed by atoms with van der Waals surface area (Å²) in [6, 6.07) is 10.5. The molecule has 1 N–H and O–H groups in total. The summed E-state index contributed by atoms with van der Waals surface area (Å²) in [6.45, 7) is 2.27. The zero-order valence-electron chi connectivity index (χ0n) is 15.0. The molecule has 25 heavy (non-hydrogen) atoms. The standard InChI is InChI=1S/C21H27N3O/c1-2-15-11-13-16(14-12-15)22-21(25)20-18-9-6-10-19(18)24(23-20)17-7-4-3-5-8-17/h3-5,7-8,15-16H,2,6,9-14H2,1H3,(H,22,25). The van der Waals surface area contributed by atoms with Crippen LogP contribution in [-0.2, 0) is 12.8 Å². The molecule has 0 atom stereocenters. The van der Waals surface area contributed by atoms with Crippen molar-refractivity contribution in [1.82, 2.24) is 15.1 Å². The van der Waals surface area contributed by atoms with E-state index in [0.717, 1.165) is 49.3 Å². The van der Waals surface area contributed by atoms with Crippen molar-refractivity contribution in [2.45, 2.75) is 64.3 Å². The molecule has 1 aromatic heterocycles. The van der Waals surface area contributed by atoms with Crippen molar-refractivity contribution in [2.24, 2.45) is 5.92 Å². The first-order chi connectivity index (χ1) is 12.3. The molecule has 2 aromatic rings. The Bertz CT molecular complexity index is 742. The number of fused-ring (bicyclic) bond motifs is 1. The second kappa shape index (κ2) is 7.03. The fourth-order valence-corrected chi connectivity index (χ4v) is 4.37. The van der Waals surface area contributed by atoms with Crippen molar-refractivity contribution >= 4 is 5.91 Å². The molecule has 1 aromatic carbocycles. The van der Waals surface area contributed by atoms with Gasteiger partial charge in [-0.15, -0.1) is 0 Å². The van der Waals surface area contributed by atoms with E-state index in [-0.39, 0.29) is 5.91 Å². The number of carbonyl (C=O) groups excluding carboxylic acids is 1. The van der Waals surface area contributed by atoms with Gasteiger partial charge in [-0.1, -0.05) is 31.5 Å². The fraction of sp³-hybridized carbons (Fsp3) is 0.524. The molecule has 4 nitrogen and oxygen atoms in total. The third kappa shape index (κ3) is 3.22. The minimum Gasteiger partial charge on any atom is -0.348 e. The number of nitrogens with zero attached hydrogens (tertiary/aromatic N) is 2. The van der Waals surface area contributed by atoms with E-state index in [1.54, 1.807) is 0 Å². The Morgan fingerprint density at radius 2 is 1.92 bits per heavy atom. The summed E-state index contributed by atoms with van der Waals surface area (Å²) >= 11 is 0. The summed E-state index contributed by atoms with van der Waals surface area (Å²) in [7, 11) is 0. The molecule has 0 unspecified atom stereocenters. The van der Waals surface area contributed by atoms with Gasteiger partial charge in [0.25, 0.3) is 5.91 Å². The van der Waals surface area contributed by atoms with Gasteiger partial charge in [-0.2, -0.15) is 5.10 Å². The number of amides is 1. The van der Waals surface area contributed by atoms with Crippen molar-refractivity contribution in [1.29, 1.82) is 0 Å². The second-order valence-corrected chi connectivity index (χ2v) is 7.47. The van der Waals surface area contributed by atoms with Gasteiger partial charge < -0.3 is 5.32 Å². The van der Waals surface area contributed by atoms with Gasteiger partial charge in [0.2, 0.25) is 0 Å². The van der Waals surface area contributed by atoms with Gasteiger partial charge in [-0.05, 0) is 63.0 Å². The van der Waals surface area contributed by atoms with Crippen LogP contribution in [0.25, 0.3) is 5.69 Å². The molecule has 0 saturated heterocycles. The average Bonchev–Trinajstić information content (AvgIpc) is 3.25. The first kappa shape index (κ1) is 16.4. The van der Waals surface area contributed by atoms with Crippen molar-refractivity contribution < 1.29 is 4.79 Å². The Morgan fingerprint density at radius 1 is 1.16 bits per heavy atom. The Balaban J connectivity index is 1.54. The lowest BCUT2D eigenvalue weighted by Gasteiger charge is -2.28. The van der Waals surface area contributed by atoms with Gasteiger partial charge in [-0.25, -0.2) is 4.68 Å². The van der Waals surface area contributed by atoms with Gasteiger partial charge in [0.15, 0.2) is 5.69 Å². The molecule has 1 amide bonds. The molecule has 1 fully saturated rings. The molecule has 4 heteroatoms. The number of rotatable bonds is 4. The van der Waals surface area contributed by atoms with E-state index >= 15 is 0 Å². The molecule has 2 aliphatic carbocycles. The fourth-order valence-electron chi connectivity index (χ4n) is 4.37. The Labute approximate surface area is 149 Å². The normalized spacial score (nSPS) is 22.6. The summed E-state index contributed by atoms with van der Waals surface area (Å²) in [6.07, 6.45) is 9.02. The third-order valence-electron chi connectivity index (χ3n) is 5.91. The number of benzene rings is 1. The summed E-state index contributed by atoms with van der Waals surface area (Å²) in [5.74, 6) is 0.863. The van der Waals surface area contributed by atoms with Crippen LogP contribution in [0.4, 0.5) is 0 Å². The lowest BCUT2D eigenvalue weighted by Crippen LogP contribution is -2.38. The number of nitrogens with one attached hydrogen (secondary N) is 1. The molecule has 0 radical (unpaired) electrons. The van der Waals surface area contributed by atoms with E-state index < -0.39 is 0 Å². The average molecular weight is 337 g/mol. The molecular formula is C21H27N3O. The highest BCUT2D eigenvalue weighted by molar-refractivity contribution is 5.94. The van der Waals surface area contributed by atoms with E-state index in [1.165, 1.54) is 25.0 Å². The van der Waals surface area contributed by atoms with Gasteiger partial charge in [0.1, 0.15) is 0 Å².